The topological polar surface area (TPSA) is 74.6 Å². The summed E-state index contributed by atoms with van der Waals surface area (Å²) in [5.41, 5.74) is -1.10. The molecule has 0 saturated carbocycles. The summed E-state index contributed by atoms with van der Waals surface area (Å²) >= 11 is 0. The Labute approximate surface area is 53.4 Å². The Bertz CT molecular complexity index is 119. The van der Waals surface area contributed by atoms with Gasteiger partial charge in [-0.05, 0) is 4.57 Å². The van der Waals surface area contributed by atoms with Crippen LogP contribution in [0.25, 0.3) is 0 Å². The van der Waals surface area contributed by atoms with Gasteiger partial charge in [-0.25, -0.2) is 4.79 Å². The van der Waals surface area contributed by atoms with Crippen molar-refractivity contribution in [3.8, 4) is 0 Å². The van der Waals surface area contributed by atoms with Crippen molar-refractivity contribution in [1.82, 2.24) is 0 Å². The summed E-state index contributed by atoms with van der Waals surface area (Å²) in [7, 11) is -2.55. The van der Waals surface area contributed by atoms with E-state index in [1.807, 2.05) is 0 Å². The molecule has 2 atom stereocenters. The quantitative estimate of drug-likeness (QED) is 0.578. The van der Waals surface area contributed by atoms with Gasteiger partial charge in [0, 0.05) is 6.42 Å². The van der Waals surface area contributed by atoms with Gasteiger partial charge < -0.3 is 5.11 Å². The molecular weight excluding hydrogens is 143 g/mol. The van der Waals surface area contributed by atoms with Gasteiger partial charge in [0.2, 0.25) is 0 Å². The van der Waals surface area contributed by atoms with E-state index in [9.17, 15) is 9.36 Å². The van der Waals surface area contributed by atoms with E-state index in [-0.39, 0.29) is 6.42 Å². The van der Waals surface area contributed by atoms with Gasteiger partial charge in [0.1, 0.15) is 0 Å². The Kier molecular flexibility index (Phi) is 3.35. The molecule has 0 aliphatic carbocycles. The molecule has 0 aliphatic rings. The van der Waals surface area contributed by atoms with E-state index in [0.29, 0.717) is 0 Å². The Morgan fingerprint density at radius 3 is 2.22 bits per heavy atom. The second kappa shape index (κ2) is 3.54. The Hall–Kier alpha value is -0.470. The smallest absolute Gasteiger partial charge is 0.478 e. The van der Waals surface area contributed by atoms with Crippen molar-refractivity contribution < 1.29 is 19.4 Å². The van der Waals surface area contributed by atoms with Crippen LogP contribution >= 0.6 is 8.03 Å². The first-order valence-corrected chi connectivity index (χ1v) is 3.75. The van der Waals surface area contributed by atoms with Gasteiger partial charge in [0.05, 0.1) is 0 Å². The summed E-state index contributed by atoms with van der Waals surface area (Å²) < 4.78 is 10.1. The normalized spacial score (nSPS) is 14.7. The largest absolute Gasteiger partial charge is 0.520 e. The molecule has 0 saturated heterocycles. The standard InChI is InChI=1S/C4H7O4P/c1-2-3(4(5)6)9(7)8/h3H,2H2,1H3,(H-,5,6,7,8)/p+1. The SMILES string of the molecule is CCC(C(=O)O)[P+](=O)O. The van der Waals surface area contributed by atoms with Crippen LogP contribution in [-0.4, -0.2) is 21.6 Å². The molecule has 0 radical (unpaired) electrons. The molecule has 0 aromatic carbocycles. The average Bonchev–Trinajstić information content (AvgIpc) is 1.64. The molecular formula is C4H8O4P+. The average molecular weight is 151 g/mol. The van der Waals surface area contributed by atoms with Crippen LogP contribution in [0.5, 0.6) is 0 Å². The predicted molar refractivity (Wildman–Crippen MR) is 31.5 cm³/mol. The number of aliphatic carboxylic acids is 1. The fraction of sp³-hybridized carbons (Fsp3) is 0.750. The van der Waals surface area contributed by atoms with Crippen molar-refractivity contribution in [3.05, 3.63) is 0 Å². The molecule has 0 spiro atoms. The second-order valence-corrected chi connectivity index (χ2v) is 2.79. The van der Waals surface area contributed by atoms with E-state index in [2.05, 4.69) is 0 Å². The zero-order valence-corrected chi connectivity index (χ0v) is 5.84. The van der Waals surface area contributed by atoms with Crippen molar-refractivity contribution >= 4 is 14.0 Å². The Morgan fingerprint density at radius 1 is 1.78 bits per heavy atom. The van der Waals surface area contributed by atoms with Gasteiger partial charge in [-0.15, -0.1) is 0 Å². The first-order valence-electron chi connectivity index (χ1n) is 2.47. The fourth-order valence-corrected chi connectivity index (χ4v) is 0.927. The lowest BCUT2D eigenvalue weighted by Gasteiger charge is -1.89. The summed E-state index contributed by atoms with van der Waals surface area (Å²) in [6, 6.07) is 0. The van der Waals surface area contributed by atoms with Gasteiger partial charge >= 0.3 is 14.0 Å². The van der Waals surface area contributed by atoms with E-state index in [1.165, 1.54) is 0 Å². The minimum Gasteiger partial charge on any atom is -0.478 e. The lowest BCUT2D eigenvalue weighted by molar-refractivity contribution is -0.136. The van der Waals surface area contributed by atoms with Crippen molar-refractivity contribution in [2.45, 2.75) is 19.0 Å². The molecule has 0 bridgehead atoms. The van der Waals surface area contributed by atoms with Crippen LogP contribution in [0.4, 0.5) is 0 Å². The van der Waals surface area contributed by atoms with E-state index < -0.39 is 19.7 Å². The van der Waals surface area contributed by atoms with Gasteiger partial charge in [-0.2, -0.15) is 4.89 Å². The molecule has 5 heteroatoms. The number of hydrogen-bond acceptors (Lipinski definition) is 2. The minimum atomic E-state index is -2.55. The number of rotatable bonds is 3. The molecule has 4 nitrogen and oxygen atoms in total. The highest BCUT2D eigenvalue weighted by Crippen LogP contribution is 2.24. The van der Waals surface area contributed by atoms with Gasteiger partial charge in [0.25, 0.3) is 5.66 Å². The van der Waals surface area contributed by atoms with E-state index in [0.717, 1.165) is 0 Å². The minimum absolute atomic E-state index is 0.195. The lowest BCUT2D eigenvalue weighted by atomic mass is 10.3. The number of carbonyl (C=O) groups is 1. The highest BCUT2D eigenvalue weighted by atomic mass is 31.1. The third kappa shape index (κ3) is 2.54. The van der Waals surface area contributed by atoms with Crippen LogP contribution in [0.3, 0.4) is 0 Å². The van der Waals surface area contributed by atoms with Gasteiger partial charge in [0.15, 0.2) is 0 Å². The zero-order chi connectivity index (χ0) is 7.44. The monoisotopic (exact) mass is 151 g/mol. The molecule has 2 N–H and O–H groups in total. The highest BCUT2D eigenvalue weighted by Gasteiger charge is 2.34. The van der Waals surface area contributed by atoms with E-state index >= 15 is 0 Å². The van der Waals surface area contributed by atoms with Crippen molar-refractivity contribution in [2.75, 3.05) is 0 Å². The van der Waals surface area contributed by atoms with Crippen LogP contribution in [0.15, 0.2) is 0 Å². The molecule has 0 aromatic rings. The molecule has 0 aliphatic heterocycles. The summed E-state index contributed by atoms with van der Waals surface area (Å²) in [4.78, 5) is 18.3. The summed E-state index contributed by atoms with van der Waals surface area (Å²) in [6.45, 7) is 1.56. The maximum atomic E-state index is 10.1. The van der Waals surface area contributed by atoms with E-state index in [1.54, 1.807) is 6.92 Å². The third-order valence-corrected chi connectivity index (χ3v) is 2.06. The van der Waals surface area contributed by atoms with Crippen molar-refractivity contribution in [2.24, 2.45) is 0 Å². The molecule has 52 valence electrons. The van der Waals surface area contributed by atoms with E-state index in [4.69, 9.17) is 10.00 Å². The second-order valence-electron chi connectivity index (χ2n) is 1.56. The van der Waals surface area contributed by atoms with Crippen LogP contribution in [0.2, 0.25) is 0 Å². The zero-order valence-electron chi connectivity index (χ0n) is 4.94. The number of hydrogen-bond donors (Lipinski definition) is 2. The third-order valence-electron chi connectivity index (χ3n) is 0.938. The van der Waals surface area contributed by atoms with Gasteiger partial charge in [-0.3, -0.25) is 0 Å². The molecule has 0 fully saturated rings. The molecule has 2 unspecified atom stereocenters. The highest BCUT2D eigenvalue weighted by molar-refractivity contribution is 7.40. The maximum Gasteiger partial charge on any atom is 0.520 e. The fourth-order valence-electron chi connectivity index (χ4n) is 0.425. The van der Waals surface area contributed by atoms with Crippen molar-refractivity contribution in [1.29, 1.82) is 0 Å². The molecule has 0 aromatic heterocycles. The van der Waals surface area contributed by atoms with Crippen LogP contribution in [0.1, 0.15) is 13.3 Å². The lowest BCUT2D eigenvalue weighted by Crippen LogP contribution is -2.14. The van der Waals surface area contributed by atoms with Crippen LogP contribution in [0, 0.1) is 0 Å². The van der Waals surface area contributed by atoms with Gasteiger partial charge in [-0.1, -0.05) is 6.92 Å². The molecule has 0 rings (SSSR count). The predicted octanol–water partition coefficient (Wildman–Crippen LogP) is 0.584. The summed E-state index contributed by atoms with van der Waals surface area (Å²) in [5, 5.41) is 8.20. The number of carboxylic acids is 1. The van der Waals surface area contributed by atoms with Crippen molar-refractivity contribution in [3.63, 3.8) is 0 Å². The molecule has 0 amide bonds. The Balaban J connectivity index is 3.99. The van der Waals surface area contributed by atoms with Crippen LogP contribution < -0.4 is 0 Å². The van der Waals surface area contributed by atoms with Crippen LogP contribution in [-0.2, 0) is 9.36 Å². The Morgan fingerprint density at radius 2 is 2.22 bits per heavy atom. The maximum absolute atomic E-state index is 10.1. The molecule has 0 heterocycles. The summed E-state index contributed by atoms with van der Waals surface area (Å²) in [5.74, 6) is -1.21. The number of carboxylic acid groups (broad SMARTS) is 1. The first-order chi connectivity index (χ1) is 4.09. The first kappa shape index (κ1) is 8.53. The summed E-state index contributed by atoms with van der Waals surface area (Å²) in [6.07, 6.45) is 0.195. The molecule has 9 heavy (non-hydrogen) atoms.